The van der Waals surface area contributed by atoms with Crippen molar-refractivity contribution in [3.05, 3.63) is 72.0 Å². The highest BCUT2D eigenvalue weighted by atomic mass is 14.7. The zero-order valence-electron chi connectivity index (χ0n) is 15.0. The van der Waals surface area contributed by atoms with Crippen LogP contribution in [0.4, 0.5) is 0 Å². The van der Waals surface area contributed by atoms with Gasteiger partial charge in [-0.15, -0.1) is 0 Å². The Labute approximate surface area is 137 Å². The summed E-state index contributed by atoms with van der Waals surface area (Å²) in [6.07, 6.45) is 11.2. The van der Waals surface area contributed by atoms with Crippen molar-refractivity contribution in [2.45, 2.75) is 53.9 Å². The Balaban J connectivity index is 4.76. The molecule has 0 aliphatic carbocycles. The Morgan fingerprint density at radius 1 is 1.00 bits per heavy atom. The first-order chi connectivity index (χ1) is 10.3. The molecule has 22 heavy (non-hydrogen) atoms. The van der Waals surface area contributed by atoms with E-state index in [1.165, 1.54) is 11.1 Å². The second kappa shape index (κ2) is 10.8. The summed E-state index contributed by atoms with van der Waals surface area (Å²) in [5.41, 5.74) is 6.38. The van der Waals surface area contributed by atoms with Gasteiger partial charge in [0.15, 0.2) is 0 Å². The van der Waals surface area contributed by atoms with Crippen molar-refractivity contribution in [2.75, 3.05) is 0 Å². The van der Waals surface area contributed by atoms with Crippen LogP contribution in [0.5, 0.6) is 0 Å². The number of hydrogen-bond acceptors (Lipinski definition) is 1. The molecule has 0 radical (unpaired) electrons. The van der Waals surface area contributed by atoms with E-state index in [4.69, 9.17) is 0 Å². The quantitative estimate of drug-likeness (QED) is 0.254. The lowest BCUT2D eigenvalue weighted by molar-refractivity contribution is 0.896. The first-order valence-electron chi connectivity index (χ1n) is 7.88. The molecule has 0 spiro atoms. The summed E-state index contributed by atoms with van der Waals surface area (Å²) in [4.78, 5) is 4.54. The van der Waals surface area contributed by atoms with Crippen LogP contribution in [0.1, 0.15) is 53.9 Å². The van der Waals surface area contributed by atoms with Crippen LogP contribution in [-0.4, -0.2) is 5.71 Å². The second-order valence-electron chi connectivity index (χ2n) is 5.76. The average Bonchev–Trinajstić information content (AvgIpc) is 2.44. The highest BCUT2D eigenvalue weighted by molar-refractivity contribution is 5.94. The zero-order chi connectivity index (χ0) is 17.1. The normalized spacial score (nSPS) is 12.4. The van der Waals surface area contributed by atoms with Gasteiger partial charge in [-0.3, -0.25) is 4.99 Å². The summed E-state index contributed by atoms with van der Waals surface area (Å²) in [6.45, 7) is 22.4. The molecular formula is C21H31N. The molecule has 0 amide bonds. The Bertz CT molecular complexity index is 532. The van der Waals surface area contributed by atoms with Gasteiger partial charge >= 0.3 is 0 Å². The summed E-state index contributed by atoms with van der Waals surface area (Å²) in [5.74, 6) is 0. The Morgan fingerprint density at radius 2 is 1.64 bits per heavy atom. The van der Waals surface area contributed by atoms with Crippen molar-refractivity contribution in [1.29, 1.82) is 0 Å². The molecule has 0 bridgehead atoms. The van der Waals surface area contributed by atoms with Crippen molar-refractivity contribution in [1.82, 2.24) is 0 Å². The van der Waals surface area contributed by atoms with Crippen LogP contribution in [-0.2, 0) is 0 Å². The third kappa shape index (κ3) is 9.12. The Kier molecular flexibility index (Phi) is 9.86. The summed E-state index contributed by atoms with van der Waals surface area (Å²) >= 11 is 0. The van der Waals surface area contributed by atoms with Crippen LogP contribution in [0.25, 0.3) is 0 Å². The van der Waals surface area contributed by atoms with Crippen molar-refractivity contribution in [3.8, 4) is 0 Å². The van der Waals surface area contributed by atoms with Crippen molar-refractivity contribution >= 4 is 5.71 Å². The van der Waals surface area contributed by atoms with E-state index >= 15 is 0 Å². The molecule has 0 unspecified atom stereocenters. The third-order valence-electron chi connectivity index (χ3n) is 3.25. The lowest BCUT2D eigenvalue weighted by Gasteiger charge is -2.04. The van der Waals surface area contributed by atoms with Gasteiger partial charge in [-0.1, -0.05) is 61.6 Å². The molecule has 0 saturated heterocycles. The van der Waals surface area contributed by atoms with E-state index in [9.17, 15) is 0 Å². The van der Waals surface area contributed by atoms with E-state index < -0.39 is 0 Å². The number of allylic oxidation sites excluding steroid dienone is 7. The molecule has 0 aromatic heterocycles. The maximum Gasteiger partial charge on any atom is 0.0630 e. The number of nitrogens with zero attached hydrogens (tertiary/aromatic N) is 1. The fourth-order valence-corrected chi connectivity index (χ4v) is 1.89. The van der Waals surface area contributed by atoms with E-state index in [1.807, 2.05) is 26.0 Å². The van der Waals surface area contributed by atoms with Gasteiger partial charge in [-0.2, -0.15) is 0 Å². The molecule has 0 aromatic rings. The molecule has 0 aromatic carbocycles. The minimum absolute atomic E-state index is 0.777. The molecular weight excluding hydrogens is 266 g/mol. The SMILES string of the molecule is C=C(/C=C\C(=C/C)C(=C)/N=C(/C)C=C(C)C)CCC(=C)CC. The van der Waals surface area contributed by atoms with Gasteiger partial charge in [-0.25, -0.2) is 0 Å². The highest BCUT2D eigenvalue weighted by Crippen LogP contribution is 2.16. The lowest BCUT2D eigenvalue weighted by atomic mass is 10.0. The molecule has 0 aliphatic rings. The fourth-order valence-electron chi connectivity index (χ4n) is 1.89. The van der Waals surface area contributed by atoms with Crippen LogP contribution in [0.3, 0.4) is 0 Å². The lowest BCUT2D eigenvalue weighted by Crippen LogP contribution is -1.90. The molecule has 0 heterocycles. The van der Waals surface area contributed by atoms with Gasteiger partial charge in [0.25, 0.3) is 0 Å². The molecule has 120 valence electrons. The van der Waals surface area contributed by atoms with Gasteiger partial charge in [-0.05, 0) is 58.6 Å². The van der Waals surface area contributed by atoms with Crippen molar-refractivity contribution < 1.29 is 0 Å². The maximum absolute atomic E-state index is 4.54. The molecule has 0 fully saturated rings. The maximum atomic E-state index is 4.54. The van der Waals surface area contributed by atoms with E-state index in [1.54, 1.807) is 0 Å². The minimum atomic E-state index is 0.777. The summed E-state index contributed by atoms with van der Waals surface area (Å²) in [6, 6.07) is 0. The van der Waals surface area contributed by atoms with Crippen LogP contribution in [0, 0.1) is 0 Å². The smallest absolute Gasteiger partial charge is 0.0630 e. The monoisotopic (exact) mass is 297 g/mol. The van der Waals surface area contributed by atoms with Gasteiger partial charge in [0, 0.05) is 5.71 Å². The van der Waals surface area contributed by atoms with Crippen LogP contribution in [0.15, 0.2) is 77.0 Å². The number of rotatable bonds is 9. The van der Waals surface area contributed by atoms with Crippen LogP contribution >= 0.6 is 0 Å². The third-order valence-corrected chi connectivity index (χ3v) is 3.25. The van der Waals surface area contributed by atoms with Gasteiger partial charge in [0.05, 0.1) is 5.70 Å². The van der Waals surface area contributed by atoms with Crippen LogP contribution in [0.2, 0.25) is 0 Å². The summed E-state index contributed by atoms with van der Waals surface area (Å²) in [5, 5.41) is 0. The second-order valence-corrected chi connectivity index (χ2v) is 5.76. The van der Waals surface area contributed by atoms with E-state index in [0.29, 0.717) is 0 Å². The summed E-state index contributed by atoms with van der Waals surface area (Å²) in [7, 11) is 0. The topological polar surface area (TPSA) is 12.4 Å². The first kappa shape index (κ1) is 20.1. The summed E-state index contributed by atoms with van der Waals surface area (Å²) < 4.78 is 0. The fraction of sp³-hybridized carbons (Fsp3) is 0.381. The van der Waals surface area contributed by atoms with E-state index in [-0.39, 0.29) is 0 Å². The average molecular weight is 297 g/mol. The van der Waals surface area contributed by atoms with Crippen molar-refractivity contribution in [3.63, 3.8) is 0 Å². The molecule has 0 atom stereocenters. The predicted molar refractivity (Wildman–Crippen MR) is 102 cm³/mol. The molecule has 0 saturated carbocycles. The first-order valence-corrected chi connectivity index (χ1v) is 7.88. The standard InChI is InChI=1S/C21H31N/c1-9-17(5)11-12-18(6)13-14-21(10-2)20(8)22-19(7)15-16(3)4/h10,13-15H,5-6,8-9,11-12H2,1-4,7H3/b14-13-,21-10+,22-19-. The largest absolute Gasteiger partial charge is 0.254 e. The van der Waals surface area contributed by atoms with E-state index in [0.717, 1.165) is 41.8 Å². The highest BCUT2D eigenvalue weighted by Gasteiger charge is 1.98. The molecule has 1 heteroatoms. The Morgan fingerprint density at radius 3 is 2.14 bits per heavy atom. The van der Waals surface area contributed by atoms with E-state index in [2.05, 4.69) is 57.7 Å². The molecule has 0 aliphatic heterocycles. The van der Waals surface area contributed by atoms with Crippen molar-refractivity contribution in [2.24, 2.45) is 4.99 Å². The predicted octanol–water partition coefficient (Wildman–Crippen LogP) is 6.73. The number of aliphatic imine (C=N–C) groups is 1. The zero-order valence-corrected chi connectivity index (χ0v) is 15.0. The number of hydrogen-bond donors (Lipinski definition) is 0. The van der Waals surface area contributed by atoms with Crippen LogP contribution < -0.4 is 0 Å². The molecule has 1 nitrogen and oxygen atoms in total. The van der Waals surface area contributed by atoms with Gasteiger partial charge < -0.3 is 0 Å². The molecule has 0 N–H and O–H groups in total. The minimum Gasteiger partial charge on any atom is -0.254 e. The van der Waals surface area contributed by atoms with Gasteiger partial charge in [0.2, 0.25) is 0 Å². The molecule has 0 rings (SSSR count). The van der Waals surface area contributed by atoms with Gasteiger partial charge in [0.1, 0.15) is 0 Å². The Hall–Kier alpha value is -1.89.